The van der Waals surface area contributed by atoms with Crippen LogP contribution in [0.5, 0.6) is 0 Å². The summed E-state index contributed by atoms with van der Waals surface area (Å²) in [6, 6.07) is 5.10. The molecule has 0 amide bonds. The molecule has 0 radical (unpaired) electrons. The van der Waals surface area contributed by atoms with Crippen LogP contribution in [0.2, 0.25) is 0 Å². The topological polar surface area (TPSA) is 46.4 Å². The number of hydrogen-bond donors (Lipinski definition) is 0. The fourth-order valence-corrected chi connectivity index (χ4v) is 2.51. The highest BCUT2D eigenvalue weighted by Gasteiger charge is 2.24. The molecule has 1 aromatic rings. The van der Waals surface area contributed by atoms with E-state index in [1.54, 1.807) is 12.1 Å². The Hall–Kier alpha value is -1.10. The van der Waals surface area contributed by atoms with Gasteiger partial charge in [-0.3, -0.25) is 10.1 Å². The van der Waals surface area contributed by atoms with Gasteiger partial charge in [-0.25, -0.2) is 0 Å². The summed E-state index contributed by atoms with van der Waals surface area (Å²) < 4.78 is 0.804. The molecular weight excluding hydrogens is 260 g/mol. The first kappa shape index (κ1) is 10.4. The molecule has 0 spiro atoms. The van der Waals surface area contributed by atoms with E-state index in [1.165, 1.54) is 0 Å². The number of nitro groups is 1. The predicted molar refractivity (Wildman–Crippen MR) is 62.2 cm³/mol. The second kappa shape index (κ2) is 4.18. The van der Waals surface area contributed by atoms with Gasteiger partial charge in [-0.05, 0) is 34.8 Å². The van der Waals surface area contributed by atoms with E-state index in [1.807, 2.05) is 6.07 Å². The van der Waals surface area contributed by atoms with E-state index in [0.29, 0.717) is 0 Å². The predicted octanol–water partition coefficient (Wildman–Crippen LogP) is 2.96. The van der Waals surface area contributed by atoms with Gasteiger partial charge < -0.3 is 4.90 Å². The number of rotatable bonds is 2. The Morgan fingerprint density at radius 3 is 2.60 bits per heavy atom. The average Bonchev–Trinajstić information content (AvgIpc) is 2.70. The minimum Gasteiger partial charge on any atom is -0.365 e. The summed E-state index contributed by atoms with van der Waals surface area (Å²) in [4.78, 5) is 12.6. The lowest BCUT2D eigenvalue weighted by molar-refractivity contribution is -0.384. The van der Waals surface area contributed by atoms with Crippen LogP contribution in [0.3, 0.4) is 0 Å². The molecule has 0 saturated carbocycles. The van der Waals surface area contributed by atoms with Crippen molar-refractivity contribution in [2.75, 3.05) is 18.0 Å². The van der Waals surface area contributed by atoms with Crippen molar-refractivity contribution < 1.29 is 4.92 Å². The SMILES string of the molecule is O=[N+]([O-])c1cccc(Br)c1N1CCCC1. The molecule has 2 rings (SSSR count). The highest BCUT2D eigenvalue weighted by molar-refractivity contribution is 9.10. The van der Waals surface area contributed by atoms with Gasteiger partial charge in [-0.2, -0.15) is 0 Å². The number of anilines is 1. The van der Waals surface area contributed by atoms with Crippen molar-refractivity contribution in [2.45, 2.75) is 12.8 Å². The summed E-state index contributed by atoms with van der Waals surface area (Å²) in [7, 11) is 0. The fraction of sp³-hybridized carbons (Fsp3) is 0.400. The molecule has 1 saturated heterocycles. The quantitative estimate of drug-likeness (QED) is 0.613. The van der Waals surface area contributed by atoms with Crippen molar-refractivity contribution in [1.82, 2.24) is 0 Å². The van der Waals surface area contributed by atoms with Crippen LogP contribution in [-0.2, 0) is 0 Å². The second-order valence-corrected chi connectivity index (χ2v) is 4.41. The minimum atomic E-state index is -0.321. The molecule has 1 aromatic carbocycles. The number of nitrogens with zero attached hydrogens (tertiary/aromatic N) is 2. The average molecular weight is 271 g/mol. The van der Waals surface area contributed by atoms with Crippen molar-refractivity contribution in [2.24, 2.45) is 0 Å². The van der Waals surface area contributed by atoms with Crippen molar-refractivity contribution in [3.63, 3.8) is 0 Å². The van der Waals surface area contributed by atoms with E-state index < -0.39 is 0 Å². The third-order valence-electron chi connectivity index (χ3n) is 2.58. The molecule has 0 aromatic heterocycles. The first-order chi connectivity index (χ1) is 7.20. The maximum atomic E-state index is 10.9. The van der Waals surface area contributed by atoms with Crippen LogP contribution in [0.1, 0.15) is 12.8 Å². The zero-order valence-corrected chi connectivity index (χ0v) is 9.74. The van der Waals surface area contributed by atoms with Gasteiger partial charge in [0.2, 0.25) is 0 Å². The van der Waals surface area contributed by atoms with Crippen LogP contribution < -0.4 is 4.90 Å². The molecule has 0 atom stereocenters. The van der Waals surface area contributed by atoms with Crippen LogP contribution in [0.4, 0.5) is 11.4 Å². The maximum Gasteiger partial charge on any atom is 0.293 e. The van der Waals surface area contributed by atoms with Crippen LogP contribution in [0.25, 0.3) is 0 Å². The van der Waals surface area contributed by atoms with E-state index >= 15 is 0 Å². The molecule has 5 heteroatoms. The van der Waals surface area contributed by atoms with Crippen LogP contribution >= 0.6 is 15.9 Å². The highest BCUT2D eigenvalue weighted by Crippen LogP contribution is 2.37. The first-order valence-corrected chi connectivity index (χ1v) is 5.67. The summed E-state index contributed by atoms with van der Waals surface area (Å²) >= 11 is 3.38. The normalized spacial score (nSPS) is 15.7. The Kier molecular flexibility index (Phi) is 2.90. The molecule has 1 aliphatic heterocycles. The molecule has 1 aliphatic rings. The maximum absolute atomic E-state index is 10.9. The molecule has 0 aliphatic carbocycles. The zero-order chi connectivity index (χ0) is 10.8. The van der Waals surface area contributed by atoms with Crippen LogP contribution in [0.15, 0.2) is 22.7 Å². The smallest absolute Gasteiger partial charge is 0.293 e. The summed E-state index contributed by atoms with van der Waals surface area (Å²) in [6.45, 7) is 1.81. The number of halogens is 1. The number of nitro benzene ring substituents is 1. The lowest BCUT2D eigenvalue weighted by Gasteiger charge is -2.18. The third kappa shape index (κ3) is 1.97. The minimum absolute atomic E-state index is 0.186. The Morgan fingerprint density at radius 2 is 2.00 bits per heavy atom. The number of hydrogen-bond acceptors (Lipinski definition) is 3. The van der Waals surface area contributed by atoms with E-state index in [2.05, 4.69) is 20.8 Å². The lowest BCUT2D eigenvalue weighted by Crippen LogP contribution is -2.19. The molecule has 0 bridgehead atoms. The Morgan fingerprint density at radius 1 is 1.33 bits per heavy atom. The molecule has 80 valence electrons. The third-order valence-corrected chi connectivity index (χ3v) is 3.22. The summed E-state index contributed by atoms with van der Waals surface area (Å²) in [5.74, 6) is 0. The first-order valence-electron chi connectivity index (χ1n) is 4.88. The van der Waals surface area contributed by atoms with Gasteiger partial charge in [-0.15, -0.1) is 0 Å². The van der Waals surface area contributed by atoms with Gasteiger partial charge in [0.05, 0.1) is 4.92 Å². The van der Waals surface area contributed by atoms with Gasteiger partial charge >= 0.3 is 0 Å². The standard InChI is InChI=1S/C10H11BrN2O2/c11-8-4-3-5-9(13(14)15)10(8)12-6-1-2-7-12/h3-5H,1-2,6-7H2. The number of para-hydroxylation sites is 1. The van der Waals surface area contributed by atoms with E-state index in [0.717, 1.165) is 36.1 Å². The molecule has 0 N–H and O–H groups in total. The Bertz CT molecular complexity index is 389. The van der Waals surface area contributed by atoms with Crippen molar-refractivity contribution in [3.8, 4) is 0 Å². The Labute approximate surface area is 96.2 Å². The fourth-order valence-electron chi connectivity index (χ4n) is 1.91. The lowest BCUT2D eigenvalue weighted by atomic mass is 10.2. The Balaban J connectivity index is 2.46. The highest BCUT2D eigenvalue weighted by atomic mass is 79.9. The van der Waals surface area contributed by atoms with Gasteiger partial charge in [0, 0.05) is 23.6 Å². The molecule has 1 fully saturated rings. The largest absolute Gasteiger partial charge is 0.365 e. The second-order valence-electron chi connectivity index (χ2n) is 3.56. The van der Waals surface area contributed by atoms with Crippen molar-refractivity contribution in [3.05, 3.63) is 32.8 Å². The van der Waals surface area contributed by atoms with E-state index in [4.69, 9.17) is 0 Å². The van der Waals surface area contributed by atoms with Crippen LogP contribution in [0, 0.1) is 10.1 Å². The van der Waals surface area contributed by atoms with E-state index in [-0.39, 0.29) is 10.6 Å². The summed E-state index contributed by atoms with van der Waals surface area (Å²) in [5, 5.41) is 10.9. The summed E-state index contributed by atoms with van der Waals surface area (Å²) in [6.07, 6.45) is 2.22. The monoisotopic (exact) mass is 270 g/mol. The molecular formula is C10H11BrN2O2. The van der Waals surface area contributed by atoms with Gasteiger partial charge in [0.15, 0.2) is 0 Å². The molecule has 1 heterocycles. The van der Waals surface area contributed by atoms with Gasteiger partial charge in [-0.1, -0.05) is 6.07 Å². The van der Waals surface area contributed by atoms with Gasteiger partial charge in [0.1, 0.15) is 5.69 Å². The van der Waals surface area contributed by atoms with Crippen LogP contribution in [-0.4, -0.2) is 18.0 Å². The molecule has 0 unspecified atom stereocenters. The van der Waals surface area contributed by atoms with Crippen molar-refractivity contribution in [1.29, 1.82) is 0 Å². The molecule has 15 heavy (non-hydrogen) atoms. The molecule has 4 nitrogen and oxygen atoms in total. The summed E-state index contributed by atoms with van der Waals surface area (Å²) in [5.41, 5.74) is 0.909. The zero-order valence-electron chi connectivity index (χ0n) is 8.15. The van der Waals surface area contributed by atoms with E-state index in [9.17, 15) is 10.1 Å². The van der Waals surface area contributed by atoms with Gasteiger partial charge in [0.25, 0.3) is 5.69 Å². The number of benzene rings is 1. The van der Waals surface area contributed by atoms with Crippen molar-refractivity contribution >= 4 is 27.3 Å².